The van der Waals surface area contributed by atoms with Crippen molar-refractivity contribution in [1.29, 1.82) is 0 Å². The van der Waals surface area contributed by atoms with Gasteiger partial charge in [0.25, 0.3) is 0 Å². The number of ether oxygens (including phenoxy) is 4. The molecule has 6 nitrogen and oxygen atoms in total. The maximum absolute atomic E-state index is 11.9. The minimum absolute atomic E-state index is 0.190. The van der Waals surface area contributed by atoms with Gasteiger partial charge in [-0.05, 0) is 71.7 Å². The van der Waals surface area contributed by atoms with Gasteiger partial charge in [0.1, 0.15) is 18.1 Å². The Morgan fingerprint density at radius 3 is 2.44 bits per heavy atom. The quantitative estimate of drug-likeness (QED) is 0.336. The van der Waals surface area contributed by atoms with E-state index in [4.69, 9.17) is 18.9 Å². The first-order chi connectivity index (χ1) is 13.0. The fourth-order valence-electron chi connectivity index (χ4n) is 2.10. The van der Waals surface area contributed by atoms with Gasteiger partial charge in [0.2, 0.25) is 0 Å². The van der Waals surface area contributed by atoms with Crippen molar-refractivity contribution in [3.63, 3.8) is 0 Å². The summed E-state index contributed by atoms with van der Waals surface area (Å²) in [6.45, 7) is 4.71. The van der Waals surface area contributed by atoms with Crippen molar-refractivity contribution < 1.29 is 28.5 Å². The predicted molar refractivity (Wildman–Crippen MR) is 103 cm³/mol. The average Bonchev–Trinajstić information content (AvgIpc) is 2.65. The van der Waals surface area contributed by atoms with Crippen LogP contribution < -0.4 is 9.47 Å². The van der Waals surface area contributed by atoms with Crippen molar-refractivity contribution in [3.05, 3.63) is 58.1 Å². The zero-order chi connectivity index (χ0) is 19.6. The lowest BCUT2D eigenvalue weighted by Gasteiger charge is -2.09. The molecular formula is C20H21BrO6. The van der Waals surface area contributed by atoms with Gasteiger partial charge in [-0.25, -0.2) is 9.59 Å². The highest BCUT2D eigenvalue weighted by Gasteiger charge is 2.11. The molecule has 0 atom stereocenters. The second-order valence-electron chi connectivity index (χ2n) is 5.55. The molecule has 7 heteroatoms. The summed E-state index contributed by atoms with van der Waals surface area (Å²) >= 11 is 3.38. The fraction of sp³-hybridized carbons (Fsp3) is 0.300. The second kappa shape index (κ2) is 10.7. The fourth-order valence-corrected chi connectivity index (χ4v) is 2.71. The van der Waals surface area contributed by atoms with E-state index in [1.54, 1.807) is 6.07 Å². The Balaban J connectivity index is 1.81. The Hall–Kier alpha value is -2.38. The van der Waals surface area contributed by atoms with Crippen LogP contribution in [0.2, 0.25) is 0 Å². The Kier molecular flexibility index (Phi) is 8.29. The van der Waals surface area contributed by atoms with Gasteiger partial charge in [0.15, 0.2) is 6.61 Å². The summed E-state index contributed by atoms with van der Waals surface area (Å²) in [5, 5.41) is 0. The Morgan fingerprint density at radius 2 is 1.78 bits per heavy atom. The zero-order valence-electron chi connectivity index (χ0n) is 15.2. The van der Waals surface area contributed by atoms with Crippen LogP contribution in [0.5, 0.6) is 11.5 Å². The van der Waals surface area contributed by atoms with Gasteiger partial charge in [-0.1, -0.05) is 6.07 Å². The number of carbonyl (C=O) groups excluding carboxylic acids is 2. The molecule has 0 bridgehead atoms. The molecule has 0 unspecified atom stereocenters. The van der Waals surface area contributed by atoms with E-state index in [0.717, 1.165) is 10.0 Å². The van der Waals surface area contributed by atoms with Crippen LogP contribution in [0.25, 0.3) is 0 Å². The average molecular weight is 437 g/mol. The third-order valence-electron chi connectivity index (χ3n) is 3.42. The van der Waals surface area contributed by atoms with Crippen molar-refractivity contribution in [2.75, 3.05) is 26.4 Å². The highest BCUT2D eigenvalue weighted by molar-refractivity contribution is 9.10. The SMILES string of the molecule is CCOCCOC(=O)c1ccc(OC(=O)COc2ccc(C)cc2Br)cc1. The van der Waals surface area contributed by atoms with Crippen molar-refractivity contribution in [2.24, 2.45) is 0 Å². The second-order valence-corrected chi connectivity index (χ2v) is 6.41. The molecule has 0 aromatic heterocycles. The van der Waals surface area contributed by atoms with Gasteiger partial charge in [-0.15, -0.1) is 0 Å². The molecule has 0 fully saturated rings. The van der Waals surface area contributed by atoms with E-state index in [-0.39, 0.29) is 13.2 Å². The highest BCUT2D eigenvalue weighted by atomic mass is 79.9. The Bertz CT molecular complexity index is 773. The summed E-state index contributed by atoms with van der Waals surface area (Å²) in [5.74, 6) is -0.130. The normalized spacial score (nSPS) is 10.3. The van der Waals surface area contributed by atoms with Crippen LogP contribution in [0.3, 0.4) is 0 Å². The monoisotopic (exact) mass is 436 g/mol. The Morgan fingerprint density at radius 1 is 1.04 bits per heavy atom. The minimum Gasteiger partial charge on any atom is -0.481 e. The molecular weight excluding hydrogens is 416 g/mol. The molecule has 0 amide bonds. The van der Waals surface area contributed by atoms with E-state index in [9.17, 15) is 9.59 Å². The van der Waals surface area contributed by atoms with E-state index in [0.29, 0.717) is 30.3 Å². The van der Waals surface area contributed by atoms with E-state index in [1.807, 2.05) is 26.0 Å². The van der Waals surface area contributed by atoms with Crippen molar-refractivity contribution >= 4 is 27.9 Å². The molecule has 0 heterocycles. The third kappa shape index (κ3) is 7.03. The molecule has 0 saturated heterocycles. The number of halogens is 1. The summed E-state index contributed by atoms with van der Waals surface area (Å²) in [6.07, 6.45) is 0. The molecule has 0 saturated carbocycles. The molecule has 2 rings (SSSR count). The lowest BCUT2D eigenvalue weighted by atomic mass is 10.2. The topological polar surface area (TPSA) is 71.1 Å². The number of benzene rings is 2. The Labute approximate surface area is 166 Å². The molecule has 27 heavy (non-hydrogen) atoms. The maximum Gasteiger partial charge on any atom is 0.349 e. The number of hydrogen-bond acceptors (Lipinski definition) is 6. The van der Waals surface area contributed by atoms with Crippen LogP contribution in [-0.4, -0.2) is 38.4 Å². The summed E-state index contributed by atoms with van der Waals surface area (Å²) in [6, 6.07) is 11.7. The predicted octanol–water partition coefficient (Wildman–Crippen LogP) is 3.94. The number of aryl methyl sites for hydroxylation is 1. The summed E-state index contributed by atoms with van der Waals surface area (Å²) in [7, 11) is 0. The van der Waals surface area contributed by atoms with E-state index in [2.05, 4.69) is 15.9 Å². The molecule has 2 aromatic rings. The largest absolute Gasteiger partial charge is 0.481 e. The number of hydrogen-bond donors (Lipinski definition) is 0. The standard InChI is InChI=1S/C20H21BrO6/c1-3-24-10-11-25-20(23)15-5-7-16(8-6-15)27-19(22)13-26-18-9-4-14(2)12-17(18)21/h4-9,12H,3,10-11,13H2,1-2H3. The number of esters is 2. The van der Waals surface area contributed by atoms with Gasteiger partial charge in [0.05, 0.1) is 16.6 Å². The van der Waals surface area contributed by atoms with Gasteiger partial charge in [-0.2, -0.15) is 0 Å². The van der Waals surface area contributed by atoms with Gasteiger partial charge in [0, 0.05) is 6.61 Å². The van der Waals surface area contributed by atoms with Gasteiger partial charge >= 0.3 is 11.9 Å². The first-order valence-electron chi connectivity index (χ1n) is 8.44. The molecule has 0 N–H and O–H groups in total. The first-order valence-corrected chi connectivity index (χ1v) is 9.23. The zero-order valence-corrected chi connectivity index (χ0v) is 16.8. The molecule has 0 aliphatic carbocycles. The van der Waals surface area contributed by atoms with Crippen LogP contribution in [0.15, 0.2) is 46.9 Å². The molecule has 0 aliphatic rings. The lowest BCUT2D eigenvalue weighted by Crippen LogP contribution is -2.18. The molecule has 2 aromatic carbocycles. The van der Waals surface area contributed by atoms with Crippen LogP contribution >= 0.6 is 15.9 Å². The minimum atomic E-state index is -0.547. The summed E-state index contributed by atoms with van der Waals surface area (Å²) < 4.78 is 21.6. The van der Waals surface area contributed by atoms with Crippen molar-refractivity contribution in [3.8, 4) is 11.5 Å². The first kappa shape index (κ1) is 20.9. The van der Waals surface area contributed by atoms with Crippen molar-refractivity contribution in [2.45, 2.75) is 13.8 Å². The third-order valence-corrected chi connectivity index (χ3v) is 4.04. The highest BCUT2D eigenvalue weighted by Crippen LogP contribution is 2.25. The van der Waals surface area contributed by atoms with Crippen LogP contribution in [-0.2, 0) is 14.3 Å². The lowest BCUT2D eigenvalue weighted by molar-refractivity contribution is -0.136. The summed E-state index contributed by atoms with van der Waals surface area (Å²) in [4.78, 5) is 23.8. The van der Waals surface area contributed by atoms with Crippen molar-refractivity contribution in [1.82, 2.24) is 0 Å². The molecule has 144 valence electrons. The van der Waals surface area contributed by atoms with E-state index < -0.39 is 11.9 Å². The van der Waals surface area contributed by atoms with E-state index >= 15 is 0 Å². The molecule has 0 spiro atoms. The van der Waals surface area contributed by atoms with E-state index in [1.165, 1.54) is 24.3 Å². The van der Waals surface area contributed by atoms with Crippen LogP contribution in [0.1, 0.15) is 22.8 Å². The van der Waals surface area contributed by atoms with Crippen LogP contribution in [0, 0.1) is 6.92 Å². The molecule has 0 radical (unpaired) electrons. The summed E-state index contributed by atoms with van der Waals surface area (Å²) in [5.41, 5.74) is 1.44. The molecule has 0 aliphatic heterocycles. The number of rotatable bonds is 9. The van der Waals surface area contributed by atoms with Gasteiger partial charge in [-0.3, -0.25) is 0 Å². The number of carbonyl (C=O) groups is 2. The smallest absolute Gasteiger partial charge is 0.349 e. The van der Waals surface area contributed by atoms with Crippen LogP contribution in [0.4, 0.5) is 0 Å². The van der Waals surface area contributed by atoms with Gasteiger partial charge < -0.3 is 18.9 Å². The maximum atomic E-state index is 11.9.